The first kappa shape index (κ1) is 29.5. The molecule has 0 amide bonds. The van der Waals surface area contributed by atoms with E-state index in [1.54, 1.807) is 0 Å². The Hall–Kier alpha value is -2.47. The van der Waals surface area contributed by atoms with Gasteiger partial charge in [-0.3, -0.25) is 9.69 Å². The van der Waals surface area contributed by atoms with Crippen molar-refractivity contribution in [2.24, 2.45) is 11.8 Å². The maximum atomic E-state index is 11.9. The summed E-state index contributed by atoms with van der Waals surface area (Å²) in [5.41, 5.74) is 3.58. The summed E-state index contributed by atoms with van der Waals surface area (Å²) in [6.07, 6.45) is 11.4. The molecule has 0 spiro atoms. The van der Waals surface area contributed by atoms with Crippen molar-refractivity contribution in [1.82, 2.24) is 4.90 Å². The number of nitrogens with zero attached hydrogens (tertiary/aromatic N) is 1. The van der Waals surface area contributed by atoms with Crippen LogP contribution in [0.15, 0.2) is 66.7 Å². The Morgan fingerprint density at radius 1 is 0.974 bits per heavy atom. The molecule has 39 heavy (non-hydrogen) atoms. The number of benzene rings is 2. The Kier molecular flexibility index (Phi) is 11.6. The molecule has 5 nitrogen and oxygen atoms in total. The van der Waals surface area contributed by atoms with Crippen molar-refractivity contribution in [3.63, 3.8) is 0 Å². The molecule has 1 aliphatic carbocycles. The maximum absolute atomic E-state index is 11.9. The van der Waals surface area contributed by atoms with Gasteiger partial charge in [-0.25, -0.2) is 0 Å². The van der Waals surface area contributed by atoms with Crippen molar-refractivity contribution >= 4 is 5.97 Å². The molecule has 4 rings (SSSR count). The maximum Gasteiger partial charge on any atom is 0.306 e. The zero-order valence-electron chi connectivity index (χ0n) is 23.8. The molecule has 2 aromatic rings. The molecule has 212 valence electrons. The van der Waals surface area contributed by atoms with Crippen LogP contribution in [0, 0.1) is 11.8 Å². The van der Waals surface area contributed by atoms with Gasteiger partial charge in [0, 0.05) is 24.8 Å². The predicted octanol–water partition coefficient (Wildman–Crippen LogP) is 6.79. The highest BCUT2D eigenvalue weighted by Gasteiger charge is 2.45. The molecule has 1 saturated heterocycles. The van der Waals surface area contributed by atoms with Crippen LogP contribution < -0.4 is 0 Å². The number of hydrogen-bond donors (Lipinski definition) is 1. The number of piperidine rings is 1. The fourth-order valence-electron chi connectivity index (χ4n) is 6.02. The molecular weight excluding hydrogens is 486 g/mol. The van der Waals surface area contributed by atoms with Crippen molar-refractivity contribution in [2.75, 3.05) is 19.7 Å². The van der Waals surface area contributed by atoms with E-state index in [-0.39, 0.29) is 24.2 Å². The number of aliphatic hydroxyl groups is 1. The van der Waals surface area contributed by atoms with Crippen molar-refractivity contribution in [1.29, 1.82) is 0 Å². The molecule has 0 aromatic heterocycles. The van der Waals surface area contributed by atoms with E-state index in [9.17, 15) is 9.90 Å². The molecular formula is C34H47NO4. The second-order valence-corrected chi connectivity index (χ2v) is 11.6. The monoisotopic (exact) mass is 533 g/mol. The second-order valence-electron chi connectivity index (χ2n) is 11.6. The Balaban J connectivity index is 1.32. The number of esters is 1. The Morgan fingerprint density at radius 3 is 2.38 bits per heavy atom. The largest absolute Gasteiger partial charge is 0.465 e. The average Bonchev–Trinajstić information content (AvgIpc) is 3.28. The van der Waals surface area contributed by atoms with Gasteiger partial charge in [-0.1, -0.05) is 87.0 Å². The highest BCUT2D eigenvalue weighted by atomic mass is 16.5. The van der Waals surface area contributed by atoms with Crippen LogP contribution in [-0.4, -0.2) is 53.9 Å². The minimum Gasteiger partial charge on any atom is -0.465 e. The van der Waals surface area contributed by atoms with Crippen LogP contribution in [0.3, 0.4) is 0 Å². The van der Waals surface area contributed by atoms with E-state index in [4.69, 9.17) is 9.47 Å². The zero-order chi connectivity index (χ0) is 27.5. The zero-order valence-corrected chi connectivity index (χ0v) is 23.8. The second kappa shape index (κ2) is 15.4. The van der Waals surface area contributed by atoms with Crippen LogP contribution in [0.5, 0.6) is 0 Å². The molecule has 2 aromatic carbocycles. The van der Waals surface area contributed by atoms with E-state index in [1.165, 1.54) is 30.4 Å². The van der Waals surface area contributed by atoms with Crippen LogP contribution in [0.25, 0.3) is 11.1 Å². The highest BCUT2D eigenvalue weighted by Crippen LogP contribution is 2.38. The molecule has 1 saturated carbocycles. The van der Waals surface area contributed by atoms with E-state index in [0.717, 1.165) is 31.5 Å². The molecule has 1 aliphatic heterocycles. The lowest BCUT2D eigenvalue weighted by Gasteiger charge is -2.38. The van der Waals surface area contributed by atoms with Crippen LogP contribution in [0.4, 0.5) is 0 Å². The summed E-state index contributed by atoms with van der Waals surface area (Å²) in [5, 5.41) is 11.1. The lowest BCUT2D eigenvalue weighted by atomic mass is 9.92. The van der Waals surface area contributed by atoms with Crippen LogP contribution in [0.2, 0.25) is 0 Å². The van der Waals surface area contributed by atoms with Gasteiger partial charge in [-0.05, 0) is 67.8 Å². The van der Waals surface area contributed by atoms with E-state index in [1.807, 2.05) is 19.9 Å². The van der Waals surface area contributed by atoms with Gasteiger partial charge in [0.2, 0.25) is 0 Å². The predicted molar refractivity (Wildman–Crippen MR) is 157 cm³/mol. The first-order valence-corrected chi connectivity index (χ1v) is 15.0. The minimum atomic E-state index is -0.349. The number of carbonyl (C=O) groups excluding carboxylic acids is 1. The molecule has 0 bridgehead atoms. The van der Waals surface area contributed by atoms with E-state index in [2.05, 4.69) is 65.6 Å². The summed E-state index contributed by atoms with van der Waals surface area (Å²) in [6, 6.07) is 19.2. The molecule has 1 N–H and O–H groups in total. The first-order valence-electron chi connectivity index (χ1n) is 15.0. The van der Waals surface area contributed by atoms with Crippen molar-refractivity contribution in [3.05, 3.63) is 72.3 Å². The van der Waals surface area contributed by atoms with Gasteiger partial charge in [0.05, 0.1) is 25.4 Å². The summed E-state index contributed by atoms with van der Waals surface area (Å²) in [4.78, 5) is 14.4. The van der Waals surface area contributed by atoms with Gasteiger partial charge >= 0.3 is 5.97 Å². The average molecular weight is 534 g/mol. The molecule has 1 heterocycles. The standard InChI is InChI=1S/C34H47NO4/c1-26(2)24-39-33(37)16-10-4-3-9-15-30-32(23-31(36)34(30)35-21-11-6-12-22-35)38-25-27-17-19-29(20-18-27)28-13-7-5-8-14-28/h3-5,7-8,13-14,17-20,26,30-32,34,36H,6,9-12,15-16,21-25H2,1-2H3/t30-,31+,32-,34+/m0/s1. The Bertz CT molecular complexity index is 1010. The summed E-state index contributed by atoms with van der Waals surface area (Å²) in [6.45, 7) is 7.28. The molecule has 2 fully saturated rings. The van der Waals surface area contributed by atoms with Gasteiger partial charge in [0.25, 0.3) is 0 Å². The topological polar surface area (TPSA) is 59.0 Å². The van der Waals surface area contributed by atoms with Gasteiger partial charge < -0.3 is 14.6 Å². The summed E-state index contributed by atoms with van der Waals surface area (Å²) < 4.78 is 11.8. The third kappa shape index (κ3) is 9.02. The van der Waals surface area contributed by atoms with Gasteiger partial charge in [-0.15, -0.1) is 0 Å². The SMILES string of the molecule is CC(C)COC(=O)CCC=CCC[C@@H]1[C@@H](N2CCCCC2)[C@H](O)C[C@@H]1OCc1ccc(-c2ccccc2)cc1. The normalized spacial score (nSPS) is 24.0. The Morgan fingerprint density at radius 2 is 1.67 bits per heavy atom. The quantitative estimate of drug-likeness (QED) is 0.227. The third-order valence-corrected chi connectivity index (χ3v) is 8.05. The summed E-state index contributed by atoms with van der Waals surface area (Å²) in [7, 11) is 0. The number of aliphatic hydroxyl groups excluding tert-OH is 1. The minimum absolute atomic E-state index is 0.0418. The summed E-state index contributed by atoms with van der Waals surface area (Å²) >= 11 is 0. The number of hydrogen-bond acceptors (Lipinski definition) is 5. The van der Waals surface area contributed by atoms with Crippen molar-refractivity contribution < 1.29 is 19.4 Å². The number of allylic oxidation sites excluding steroid dienone is 2. The van der Waals surface area contributed by atoms with Gasteiger partial charge in [-0.2, -0.15) is 0 Å². The van der Waals surface area contributed by atoms with E-state index in [0.29, 0.717) is 44.3 Å². The fourth-order valence-corrected chi connectivity index (χ4v) is 6.02. The number of likely N-dealkylation sites (tertiary alicyclic amines) is 1. The van der Waals surface area contributed by atoms with Crippen molar-refractivity contribution in [2.45, 2.75) is 90.1 Å². The van der Waals surface area contributed by atoms with Crippen molar-refractivity contribution in [3.8, 4) is 11.1 Å². The lowest BCUT2D eigenvalue weighted by molar-refractivity contribution is -0.144. The Labute approximate surface area is 235 Å². The lowest BCUT2D eigenvalue weighted by Crippen LogP contribution is -2.47. The highest BCUT2D eigenvalue weighted by molar-refractivity contribution is 5.69. The van der Waals surface area contributed by atoms with Crippen LogP contribution >= 0.6 is 0 Å². The summed E-state index contributed by atoms with van der Waals surface area (Å²) in [5.74, 6) is 0.535. The molecule has 2 aliphatic rings. The molecule has 4 atom stereocenters. The van der Waals surface area contributed by atoms with E-state index < -0.39 is 0 Å². The smallest absolute Gasteiger partial charge is 0.306 e. The molecule has 0 unspecified atom stereocenters. The van der Waals surface area contributed by atoms with Crippen LogP contribution in [0.1, 0.15) is 70.8 Å². The van der Waals surface area contributed by atoms with Gasteiger partial charge in [0.15, 0.2) is 0 Å². The molecule has 5 heteroatoms. The van der Waals surface area contributed by atoms with E-state index >= 15 is 0 Å². The van der Waals surface area contributed by atoms with Gasteiger partial charge in [0.1, 0.15) is 0 Å². The van der Waals surface area contributed by atoms with Crippen LogP contribution in [-0.2, 0) is 20.9 Å². The number of ether oxygens (including phenoxy) is 2. The third-order valence-electron chi connectivity index (χ3n) is 8.05. The fraction of sp³-hybridized carbons (Fsp3) is 0.559. The first-order chi connectivity index (χ1) is 19.0. The number of rotatable bonds is 13. The molecule has 0 radical (unpaired) electrons. The number of carbonyl (C=O) groups is 1.